The summed E-state index contributed by atoms with van der Waals surface area (Å²) in [4.78, 5) is 0. The number of methoxy groups -OCH3 is 2. The van der Waals surface area contributed by atoms with Gasteiger partial charge in [-0.3, -0.25) is 0 Å². The first-order chi connectivity index (χ1) is 6.19. The molecule has 0 saturated carbocycles. The Balaban J connectivity index is 2.99. The molecule has 13 heavy (non-hydrogen) atoms. The SMILES string of the molecule is COC(OC)c1ccc(N)cc1Cl. The number of anilines is 1. The maximum Gasteiger partial charge on any atom is 0.184 e. The average Bonchev–Trinajstić information content (AvgIpc) is 2.10. The Morgan fingerprint density at radius 1 is 1.31 bits per heavy atom. The van der Waals surface area contributed by atoms with Crippen molar-refractivity contribution in [3.63, 3.8) is 0 Å². The van der Waals surface area contributed by atoms with Crippen LogP contribution in [0.2, 0.25) is 5.02 Å². The molecule has 0 unspecified atom stereocenters. The molecule has 2 N–H and O–H groups in total. The Morgan fingerprint density at radius 3 is 2.38 bits per heavy atom. The third-order valence-electron chi connectivity index (χ3n) is 1.71. The second-order valence-electron chi connectivity index (χ2n) is 2.58. The Hall–Kier alpha value is -0.770. The largest absolute Gasteiger partial charge is 0.399 e. The molecule has 0 spiro atoms. The van der Waals surface area contributed by atoms with Crippen LogP contribution in [0, 0.1) is 0 Å². The van der Waals surface area contributed by atoms with Crippen molar-refractivity contribution < 1.29 is 9.47 Å². The monoisotopic (exact) mass is 201 g/mol. The van der Waals surface area contributed by atoms with Crippen LogP contribution in [0.1, 0.15) is 11.9 Å². The minimum atomic E-state index is -0.437. The van der Waals surface area contributed by atoms with Gasteiger partial charge in [-0.05, 0) is 12.1 Å². The predicted molar refractivity (Wildman–Crippen MR) is 52.6 cm³/mol. The van der Waals surface area contributed by atoms with E-state index in [0.717, 1.165) is 5.56 Å². The van der Waals surface area contributed by atoms with Gasteiger partial charge < -0.3 is 15.2 Å². The maximum atomic E-state index is 5.94. The van der Waals surface area contributed by atoms with Gasteiger partial charge in [0.05, 0.1) is 5.02 Å². The lowest BCUT2D eigenvalue weighted by Crippen LogP contribution is -2.04. The molecule has 3 nitrogen and oxygen atoms in total. The number of ether oxygens (including phenoxy) is 2. The molecule has 0 aromatic heterocycles. The van der Waals surface area contributed by atoms with Crippen LogP contribution in [0.25, 0.3) is 0 Å². The van der Waals surface area contributed by atoms with E-state index in [2.05, 4.69) is 0 Å². The molecule has 0 heterocycles. The van der Waals surface area contributed by atoms with Gasteiger partial charge in [0.2, 0.25) is 0 Å². The molecule has 1 aromatic rings. The predicted octanol–water partition coefficient (Wildman–Crippen LogP) is 2.21. The summed E-state index contributed by atoms with van der Waals surface area (Å²) in [6, 6.07) is 5.21. The molecule has 0 bridgehead atoms. The van der Waals surface area contributed by atoms with Crippen molar-refractivity contribution in [2.24, 2.45) is 0 Å². The molecule has 0 atom stereocenters. The van der Waals surface area contributed by atoms with Crippen molar-refractivity contribution >= 4 is 17.3 Å². The van der Waals surface area contributed by atoms with Gasteiger partial charge in [0.25, 0.3) is 0 Å². The molecule has 0 fully saturated rings. The third kappa shape index (κ3) is 2.34. The smallest absolute Gasteiger partial charge is 0.184 e. The van der Waals surface area contributed by atoms with Crippen molar-refractivity contribution in [3.8, 4) is 0 Å². The maximum absolute atomic E-state index is 5.94. The lowest BCUT2D eigenvalue weighted by atomic mass is 10.2. The zero-order valence-corrected chi connectivity index (χ0v) is 8.34. The van der Waals surface area contributed by atoms with Crippen molar-refractivity contribution in [1.29, 1.82) is 0 Å². The van der Waals surface area contributed by atoms with Gasteiger partial charge >= 0.3 is 0 Å². The number of rotatable bonds is 3. The molecule has 1 aromatic carbocycles. The van der Waals surface area contributed by atoms with E-state index < -0.39 is 6.29 Å². The fraction of sp³-hybridized carbons (Fsp3) is 0.333. The summed E-state index contributed by atoms with van der Waals surface area (Å²) in [7, 11) is 3.11. The lowest BCUT2D eigenvalue weighted by Gasteiger charge is -2.15. The van der Waals surface area contributed by atoms with Crippen molar-refractivity contribution in [2.45, 2.75) is 6.29 Å². The number of halogens is 1. The third-order valence-corrected chi connectivity index (χ3v) is 2.03. The molecule has 0 amide bonds. The van der Waals surface area contributed by atoms with Crippen molar-refractivity contribution in [2.75, 3.05) is 20.0 Å². The summed E-state index contributed by atoms with van der Waals surface area (Å²) >= 11 is 5.94. The van der Waals surface area contributed by atoms with Crippen LogP contribution in [0.4, 0.5) is 5.69 Å². The van der Waals surface area contributed by atoms with E-state index in [1.807, 2.05) is 0 Å². The van der Waals surface area contributed by atoms with Crippen LogP contribution < -0.4 is 5.73 Å². The fourth-order valence-electron chi connectivity index (χ4n) is 1.08. The van der Waals surface area contributed by atoms with Crippen molar-refractivity contribution in [3.05, 3.63) is 28.8 Å². The summed E-state index contributed by atoms with van der Waals surface area (Å²) in [5, 5.41) is 0.550. The summed E-state index contributed by atoms with van der Waals surface area (Å²) in [6.07, 6.45) is -0.437. The Kier molecular flexibility index (Phi) is 3.54. The Bertz CT molecular complexity index is 287. The highest BCUT2D eigenvalue weighted by Crippen LogP contribution is 2.27. The van der Waals surface area contributed by atoms with Gasteiger partial charge in [-0.2, -0.15) is 0 Å². The minimum Gasteiger partial charge on any atom is -0.399 e. The van der Waals surface area contributed by atoms with E-state index in [9.17, 15) is 0 Å². The topological polar surface area (TPSA) is 44.5 Å². The van der Waals surface area contributed by atoms with E-state index in [4.69, 9.17) is 26.8 Å². The number of benzene rings is 1. The van der Waals surface area contributed by atoms with Gasteiger partial charge in [-0.25, -0.2) is 0 Å². The first kappa shape index (κ1) is 10.3. The molecule has 0 aliphatic heterocycles. The molecular weight excluding hydrogens is 190 g/mol. The highest BCUT2D eigenvalue weighted by Gasteiger charge is 2.12. The van der Waals surface area contributed by atoms with E-state index in [-0.39, 0.29) is 0 Å². The second-order valence-corrected chi connectivity index (χ2v) is 2.99. The summed E-state index contributed by atoms with van der Waals surface area (Å²) in [5.41, 5.74) is 6.95. The van der Waals surface area contributed by atoms with Crippen LogP contribution in [0.15, 0.2) is 18.2 Å². The molecular formula is C9H12ClNO2. The van der Waals surface area contributed by atoms with Gasteiger partial charge in [0.1, 0.15) is 0 Å². The van der Waals surface area contributed by atoms with Crippen molar-refractivity contribution in [1.82, 2.24) is 0 Å². The first-order valence-corrected chi connectivity index (χ1v) is 4.17. The van der Waals surface area contributed by atoms with Crippen LogP contribution in [-0.2, 0) is 9.47 Å². The molecule has 72 valence electrons. The van der Waals surface area contributed by atoms with E-state index in [1.165, 1.54) is 0 Å². The van der Waals surface area contributed by atoms with Gasteiger partial charge in [0, 0.05) is 25.5 Å². The molecule has 1 rings (SSSR count). The second kappa shape index (κ2) is 4.46. The number of hydrogen-bond donors (Lipinski definition) is 1. The average molecular weight is 202 g/mol. The van der Waals surface area contributed by atoms with Crippen LogP contribution in [0.3, 0.4) is 0 Å². The minimum absolute atomic E-state index is 0.437. The lowest BCUT2D eigenvalue weighted by molar-refractivity contribution is -0.105. The summed E-state index contributed by atoms with van der Waals surface area (Å²) in [6.45, 7) is 0. The highest BCUT2D eigenvalue weighted by molar-refractivity contribution is 6.31. The summed E-state index contributed by atoms with van der Waals surface area (Å²) in [5.74, 6) is 0. The summed E-state index contributed by atoms with van der Waals surface area (Å²) < 4.78 is 10.1. The zero-order valence-electron chi connectivity index (χ0n) is 7.58. The quantitative estimate of drug-likeness (QED) is 0.603. The number of hydrogen-bond acceptors (Lipinski definition) is 3. The van der Waals surface area contributed by atoms with Crippen LogP contribution in [-0.4, -0.2) is 14.2 Å². The Labute approximate surface area is 82.4 Å². The standard InChI is InChI=1S/C9H12ClNO2/c1-12-9(13-2)7-4-3-6(11)5-8(7)10/h3-5,9H,11H2,1-2H3. The molecule has 4 heteroatoms. The van der Waals surface area contributed by atoms with Gasteiger partial charge in [-0.1, -0.05) is 17.7 Å². The Morgan fingerprint density at radius 2 is 1.92 bits per heavy atom. The normalized spacial score (nSPS) is 10.8. The van der Waals surface area contributed by atoms with Gasteiger partial charge in [0.15, 0.2) is 6.29 Å². The van der Waals surface area contributed by atoms with Crippen LogP contribution in [0.5, 0.6) is 0 Å². The zero-order chi connectivity index (χ0) is 9.84. The first-order valence-electron chi connectivity index (χ1n) is 3.79. The van der Waals surface area contributed by atoms with Gasteiger partial charge in [-0.15, -0.1) is 0 Å². The molecule has 0 saturated heterocycles. The fourth-order valence-corrected chi connectivity index (χ4v) is 1.36. The molecule has 0 radical (unpaired) electrons. The molecule has 0 aliphatic rings. The highest BCUT2D eigenvalue weighted by atomic mass is 35.5. The van der Waals surface area contributed by atoms with Crippen LogP contribution >= 0.6 is 11.6 Å². The number of nitrogens with two attached hydrogens (primary N) is 1. The van der Waals surface area contributed by atoms with E-state index in [0.29, 0.717) is 10.7 Å². The number of nitrogen functional groups attached to an aromatic ring is 1. The van der Waals surface area contributed by atoms with E-state index >= 15 is 0 Å². The molecule has 0 aliphatic carbocycles. The van der Waals surface area contributed by atoms with E-state index in [1.54, 1.807) is 32.4 Å².